The van der Waals surface area contributed by atoms with Gasteiger partial charge in [-0.1, -0.05) is 26.7 Å². The van der Waals surface area contributed by atoms with Crippen molar-refractivity contribution >= 4 is 15.9 Å². The quantitative estimate of drug-likeness (QED) is 0.848. The molecule has 1 aromatic heterocycles. The van der Waals surface area contributed by atoms with Crippen LogP contribution in [0.4, 0.5) is 0 Å². The van der Waals surface area contributed by atoms with E-state index in [1.807, 2.05) is 6.20 Å². The van der Waals surface area contributed by atoms with Gasteiger partial charge in [0.15, 0.2) is 0 Å². The summed E-state index contributed by atoms with van der Waals surface area (Å²) in [6.07, 6.45) is 8.49. The van der Waals surface area contributed by atoms with Crippen LogP contribution < -0.4 is 5.32 Å². The Bertz CT molecular complexity index is 377. The Morgan fingerprint density at radius 3 is 2.79 bits per heavy atom. The van der Waals surface area contributed by atoms with Gasteiger partial charge in [-0.25, -0.2) is 0 Å². The van der Waals surface area contributed by atoms with E-state index in [1.54, 1.807) is 0 Å². The summed E-state index contributed by atoms with van der Waals surface area (Å²) < 4.78 is 1.06. The van der Waals surface area contributed by atoms with Crippen molar-refractivity contribution in [2.45, 2.75) is 52.0 Å². The molecular formula is C16H25BrN2. The predicted octanol–water partition coefficient (Wildman–Crippen LogP) is 4.19. The third-order valence-electron chi connectivity index (χ3n) is 4.41. The van der Waals surface area contributed by atoms with Gasteiger partial charge in [0, 0.05) is 28.8 Å². The van der Waals surface area contributed by atoms with E-state index in [-0.39, 0.29) is 0 Å². The van der Waals surface area contributed by atoms with Crippen LogP contribution in [0.5, 0.6) is 0 Å². The molecule has 0 amide bonds. The molecule has 1 fully saturated rings. The zero-order valence-electron chi connectivity index (χ0n) is 12.0. The zero-order valence-corrected chi connectivity index (χ0v) is 13.6. The van der Waals surface area contributed by atoms with Gasteiger partial charge in [-0.05, 0) is 59.3 Å². The summed E-state index contributed by atoms with van der Waals surface area (Å²) in [6, 6.07) is 4.82. The Hall–Kier alpha value is -0.410. The first-order chi connectivity index (χ1) is 9.22. The van der Waals surface area contributed by atoms with Crippen LogP contribution in [0.25, 0.3) is 0 Å². The highest BCUT2D eigenvalue weighted by Gasteiger charge is 2.29. The molecule has 1 aliphatic rings. The molecular weight excluding hydrogens is 300 g/mol. The fraction of sp³-hybridized carbons (Fsp3) is 0.688. The lowest BCUT2D eigenvalue weighted by Gasteiger charge is -2.24. The summed E-state index contributed by atoms with van der Waals surface area (Å²) in [4.78, 5) is 4.52. The normalized spacial score (nSPS) is 24.6. The van der Waals surface area contributed by atoms with Gasteiger partial charge in [0.25, 0.3) is 0 Å². The molecule has 1 saturated carbocycles. The summed E-state index contributed by atoms with van der Waals surface area (Å²) in [5.41, 5.74) is 1.20. The van der Waals surface area contributed by atoms with Crippen molar-refractivity contribution in [3.63, 3.8) is 0 Å². The predicted molar refractivity (Wildman–Crippen MR) is 84.2 cm³/mol. The van der Waals surface area contributed by atoms with Crippen LogP contribution in [0.1, 0.15) is 45.2 Å². The van der Waals surface area contributed by atoms with Gasteiger partial charge < -0.3 is 5.32 Å². The van der Waals surface area contributed by atoms with Crippen LogP contribution in [0.3, 0.4) is 0 Å². The minimum Gasteiger partial charge on any atom is -0.314 e. The summed E-state index contributed by atoms with van der Waals surface area (Å²) in [7, 11) is 0. The number of halogens is 1. The maximum Gasteiger partial charge on any atom is 0.0420 e. The van der Waals surface area contributed by atoms with Crippen LogP contribution in [0.15, 0.2) is 22.8 Å². The van der Waals surface area contributed by atoms with E-state index in [4.69, 9.17) is 0 Å². The molecule has 106 valence electrons. The van der Waals surface area contributed by atoms with Crippen molar-refractivity contribution in [3.05, 3.63) is 28.5 Å². The largest absolute Gasteiger partial charge is 0.314 e. The molecule has 1 aromatic rings. The average Bonchev–Trinajstić information content (AvgIpc) is 2.89. The average molecular weight is 325 g/mol. The van der Waals surface area contributed by atoms with Crippen molar-refractivity contribution in [2.75, 3.05) is 6.54 Å². The lowest BCUT2D eigenvalue weighted by molar-refractivity contribution is 0.347. The third kappa shape index (κ3) is 4.28. The second kappa shape index (κ2) is 7.39. The minimum absolute atomic E-state index is 0.593. The van der Waals surface area contributed by atoms with Crippen molar-refractivity contribution in [2.24, 2.45) is 11.8 Å². The van der Waals surface area contributed by atoms with E-state index < -0.39 is 0 Å². The van der Waals surface area contributed by atoms with Crippen LogP contribution in [-0.4, -0.2) is 17.6 Å². The van der Waals surface area contributed by atoms with E-state index in [0.717, 1.165) is 29.3 Å². The first kappa shape index (κ1) is 15.0. The molecule has 0 aliphatic heterocycles. The van der Waals surface area contributed by atoms with Crippen molar-refractivity contribution in [1.29, 1.82) is 0 Å². The summed E-state index contributed by atoms with van der Waals surface area (Å²) in [6.45, 7) is 5.58. The Labute approximate surface area is 125 Å². The van der Waals surface area contributed by atoms with E-state index in [0.29, 0.717) is 6.04 Å². The Morgan fingerprint density at radius 2 is 2.21 bits per heavy atom. The topological polar surface area (TPSA) is 24.9 Å². The fourth-order valence-corrected chi connectivity index (χ4v) is 3.50. The highest BCUT2D eigenvalue weighted by atomic mass is 79.9. The molecule has 3 heteroatoms. The number of nitrogens with zero attached hydrogens (tertiary/aromatic N) is 1. The van der Waals surface area contributed by atoms with Crippen LogP contribution >= 0.6 is 15.9 Å². The molecule has 0 bridgehead atoms. The highest BCUT2D eigenvalue weighted by Crippen LogP contribution is 2.35. The molecule has 2 nitrogen and oxygen atoms in total. The second-order valence-electron chi connectivity index (χ2n) is 5.68. The van der Waals surface area contributed by atoms with Crippen LogP contribution in [-0.2, 0) is 6.42 Å². The number of hydrogen-bond donors (Lipinski definition) is 1. The summed E-state index contributed by atoms with van der Waals surface area (Å²) in [5, 5.41) is 3.68. The Balaban J connectivity index is 1.98. The van der Waals surface area contributed by atoms with Crippen molar-refractivity contribution in [3.8, 4) is 0 Å². The highest BCUT2D eigenvalue weighted by molar-refractivity contribution is 9.10. The smallest absolute Gasteiger partial charge is 0.0420 e. The molecule has 1 N–H and O–H groups in total. The van der Waals surface area contributed by atoms with Gasteiger partial charge in [-0.3, -0.25) is 4.98 Å². The molecule has 1 heterocycles. The van der Waals surface area contributed by atoms with Crippen molar-refractivity contribution < 1.29 is 0 Å². The first-order valence-electron chi connectivity index (χ1n) is 7.56. The van der Waals surface area contributed by atoms with Gasteiger partial charge in [0.2, 0.25) is 0 Å². The summed E-state index contributed by atoms with van der Waals surface area (Å²) in [5.74, 6) is 1.78. The SMILES string of the molecule is CCNC(Cc1ccc(Br)cn1)C1CCC(CC)C1. The van der Waals surface area contributed by atoms with Crippen LogP contribution in [0, 0.1) is 11.8 Å². The fourth-order valence-electron chi connectivity index (χ4n) is 3.27. The third-order valence-corrected chi connectivity index (χ3v) is 4.88. The van der Waals surface area contributed by atoms with Gasteiger partial charge >= 0.3 is 0 Å². The van der Waals surface area contributed by atoms with E-state index in [1.165, 1.54) is 31.4 Å². The van der Waals surface area contributed by atoms with E-state index >= 15 is 0 Å². The number of nitrogens with one attached hydrogen (secondary N) is 1. The summed E-state index contributed by atoms with van der Waals surface area (Å²) >= 11 is 3.45. The minimum atomic E-state index is 0.593. The number of aromatic nitrogens is 1. The van der Waals surface area contributed by atoms with Gasteiger partial charge in [-0.15, -0.1) is 0 Å². The Morgan fingerprint density at radius 1 is 1.37 bits per heavy atom. The van der Waals surface area contributed by atoms with E-state index in [2.05, 4.69) is 52.2 Å². The number of hydrogen-bond acceptors (Lipinski definition) is 2. The monoisotopic (exact) mass is 324 g/mol. The molecule has 0 spiro atoms. The van der Waals surface area contributed by atoms with Crippen molar-refractivity contribution in [1.82, 2.24) is 10.3 Å². The molecule has 2 rings (SSSR count). The van der Waals surface area contributed by atoms with Crippen LogP contribution in [0.2, 0.25) is 0 Å². The van der Waals surface area contributed by atoms with Gasteiger partial charge in [0.1, 0.15) is 0 Å². The number of rotatable bonds is 6. The molecule has 0 aromatic carbocycles. The molecule has 0 saturated heterocycles. The standard InChI is InChI=1S/C16H25BrN2/c1-3-12-5-6-13(9-12)16(18-4-2)10-15-8-7-14(17)11-19-15/h7-8,11-13,16,18H,3-6,9-10H2,1-2H3. The zero-order chi connectivity index (χ0) is 13.7. The lowest BCUT2D eigenvalue weighted by atomic mass is 9.92. The first-order valence-corrected chi connectivity index (χ1v) is 8.36. The maximum atomic E-state index is 4.52. The number of pyridine rings is 1. The maximum absolute atomic E-state index is 4.52. The molecule has 19 heavy (non-hydrogen) atoms. The molecule has 0 radical (unpaired) electrons. The van der Waals surface area contributed by atoms with Gasteiger partial charge in [0.05, 0.1) is 0 Å². The molecule has 3 atom stereocenters. The molecule has 1 aliphatic carbocycles. The Kier molecular flexibility index (Phi) is 5.83. The van der Waals surface area contributed by atoms with E-state index in [9.17, 15) is 0 Å². The number of likely N-dealkylation sites (N-methyl/N-ethyl adjacent to an activating group) is 1. The second-order valence-corrected chi connectivity index (χ2v) is 6.60. The lowest BCUT2D eigenvalue weighted by Crippen LogP contribution is -2.37. The van der Waals surface area contributed by atoms with Gasteiger partial charge in [-0.2, -0.15) is 0 Å². The molecule has 3 unspecified atom stereocenters.